The number of aliphatic hydroxyl groups is 1. The van der Waals surface area contributed by atoms with Crippen LogP contribution in [0.1, 0.15) is 32.3 Å². The van der Waals surface area contributed by atoms with Gasteiger partial charge >= 0.3 is 0 Å². The second kappa shape index (κ2) is 5.43. The summed E-state index contributed by atoms with van der Waals surface area (Å²) in [5.41, 5.74) is 1.77. The number of nitrogens with zero attached hydrogens (tertiary/aromatic N) is 2. The Morgan fingerprint density at radius 2 is 2.00 bits per heavy atom. The van der Waals surface area contributed by atoms with Crippen LogP contribution in [0.4, 0.5) is 5.69 Å². The van der Waals surface area contributed by atoms with E-state index < -0.39 is 5.60 Å². The maximum absolute atomic E-state index is 12.7. The first-order valence-electron chi connectivity index (χ1n) is 7.81. The van der Waals surface area contributed by atoms with E-state index in [1.165, 1.54) is 5.56 Å². The molecule has 1 atom stereocenters. The Bertz CT molecular complexity index is 531. The lowest BCUT2D eigenvalue weighted by Gasteiger charge is -2.36. The van der Waals surface area contributed by atoms with E-state index in [4.69, 9.17) is 0 Å². The maximum atomic E-state index is 12.7. The number of amides is 1. The Balaban J connectivity index is 1.66. The lowest BCUT2D eigenvalue weighted by Crippen LogP contribution is -2.48. The molecule has 1 aromatic carbocycles. The Labute approximate surface area is 126 Å². The van der Waals surface area contributed by atoms with Crippen molar-refractivity contribution in [3.8, 4) is 0 Å². The van der Waals surface area contributed by atoms with Gasteiger partial charge < -0.3 is 10.0 Å². The van der Waals surface area contributed by atoms with Gasteiger partial charge in [-0.2, -0.15) is 0 Å². The number of anilines is 1. The number of piperidine rings is 1. The van der Waals surface area contributed by atoms with E-state index in [9.17, 15) is 9.90 Å². The second-order valence-corrected chi connectivity index (χ2v) is 6.72. The number of likely N-dealkylation sites (tertiary alicyclic amines) is 1. The summed E-state index contributed by atoms with van der Waals surface area (Å²) in [5, 5.41) is 9.99. The van der Waals surface area contributed by atoms with E-state index in [0.717, 1.165) is 38.0 Å². The Kier molecular flexibility index (Phi) is 3.76. The fourth-order valence-corrected chi connectivity index (χ4v) is 3.41. The molecule has 1 unspecified atom stereocenters. The van der Waals surface area contributed by atoms with Crippen LogP contribution in [0.3, 0.4) is 0 Å². The molecule has 1 saturated heterocycles. The van der Waals surface area contributed by atoms with E-state index >= 15 is 0 Å². The van der Waals surface area contributed by atoms with Gasteiger partial charge in [0.25, 0.3) is 0 Å². The molecule has 0 radical (unpaired) electrons. The SMILES string of the molecule is CC1Cc2ccccc2N1C(=O)CN1CCC(C)(O)CC1. The third-order valence-electron chi connectivity index (χ3n) is 4.77. The van der Waals surface area contributed by atoms with Crippen LogP contribution in [-0.2, 0) is 11.2 Å². The van der Waals surface area contributed by atoms with Crippen LogP contribution in [0, 0.1) is 0 Å². The number of carbonyl (C=O) groups is 1. The first-order chi connectivity index (χ1) is 9.96. The number of hydrogen-bond acceptors (Lipinski definition) is 3. The summed E-state index contributed by atoms with van der Waals surface area (Å²) in [6.45, 7) is 6.03. The predicted octanol–water partition coefficient (Wildman–Crippen LogP) is 1.81. The predicted molar refractivity (Wildman–Crippen MR) is 83.4 cm³/mol. The lowest BCUT2D eigenvalue weighted by atomic mass is 9.94. The topological polar surface area (TPSA) is 43.8 Å². The summed E-state index contributed by atoms with van der Waals surface area (Å²) in [5.74, 6) is 0.175. The van der Waals surface area contributed by atoms with Crippen molar-refractivity contribution in [2.24, 2.45) is 0 Å². The number of hydrogen-bond donors (Lipinski definition) is 1. The largest absolute Gasteiger partial charge is 0.390 e. The summed E-state index contributed by atoms with van der Waals surface area (Å²) in [6.07, 6.45) is 2.43. The van der Waals surface area contributed by atoms with Crippen LogP contribution in [0.25, 0.3) is 0 Å². The summed E-state index contributed by atoms with van der Waals surface area (Å²) < 4.78 is 0. The molecular formula is C17H24N2O2. The van der Waals surface area contributed by atoms with Gasteiger partial charge in [-0.3, -0.25) is 9.69 Å². The molecule has 0 spiro atoms. The third kappa shape index (κ3) is 2.97. The maximum Gasteiger partial charge on any atom is 0.241 e. The minimum absolute atomic E-state index is 0.175. The van der Waals surface area contributed by atoms with E-state index in [1.807, 2.05) is 30.0 Å². The molecule has 0 saturated carbocycles. The molecule has 0 aliphatic carbocycles. The lowest BCUT2D eigenvalue weighted by molar-refractivity contribution is -0.121. The zero-order chi connectivity index (χ0) is 15.0. The third-order valence-corrected chi connectivity index (χ3v) is 4.77. The number of para-hydroxylation sites is 1. The number of rotatable bonds is 2. The van der Waals surface area contributed by atoms with Crippen LogP contribution in [0.2, 0.25) is 0 Å². The van der Waals surface area contributed by atoms with Crippen LogP contribution in [-0.4, -0.2) is 47.2 Å². The van der Waals surface area contributed by atoms with Crippen molar-refractivity contribution in [1.29, 1.82) is 0 Å². The quantitative estimate of drug-likeness (QED) is 0.902. The summed E-state index contributed by atoms with van der Waals surface area (Å²) in [6, 6.07) is 8.42. The minimum Gasteiger partial charge on any atom is -0.390 e. The second-order valence-electron chi connectivity index (χ2n) is 6.72. The number of carbonyl (C=O) groups excluding carboxylic acids is 1. The average molecular weight is 288 g/mol. The molecule has 1 aromatic rings. The minimum atomic E-state index is -0.562. The molecular weight excluding hydrogens is 264 g/mol. The molecule has 2 heterocycles. The van der Waals surface area contributed by atoms with E-state index in [-0.39, 0.29) is 11.9 Å². The molecule has 4 nitrogen and oxygen atoms in total. The summed E-state index contributed by atoms with van der Waals surface area (Å²) in [4.78, 5) is 16.8. The number of benzene rings is 1. The van der Waals surface area contributed by atoms with Crippen molar-refractivity contribution in [3.63, 3.8) is 0 Å². The Hall–Kier alpha value is -1.39. The molecule has 1 N–H and O–H groups in total. The standard InChI is InChI=1S/C17H24N2O2/c1-13-11-14-5-3-4-6-15(14)19(13)16(20)12-18-9-7-17(2,21)8-10-18/h3-6,13,21H,7-12H2,1-2H3. The van der Waals surface area contributed by atoms with Gasteiger partial charge in [0, 0.05) is 24.8 Å². The average Bonchev–Trinajstić information content (AvgIpc) is 2.77. The molecule has 0 aromatic heterocycles. The van der Waals surface area contributed by atoms with E-state index in [0.29, 0.717) is 6.54 Å². The zero-order valence-electron chi connectivity index (χ0n) is 12.9. The van der Waals surface area contributed by atoms with Gasteiger partial charge in [-0.1, -0.05) is 18.2 Å². The number of fused-ring (bicyclic) bond motifs is 1. The highest BCUT2D eigenvalue weighted by Crippen LogP contribution is 2.32. The van der Waals surface area contributed by atoms with Gasteiger partial charge in [0.1, 0.15) is 0 Å². The fourth-order valence-electron chi connectivity index (χ4n) is 3.41. The van der Waals surface area contributed by atoms with Gasteiger partial charge in [0.2, 0.25) is 5.91 Å². The van der Waals surface area contributed by atoms with Gasteiger partial charge in [-0.25, -0.2) is 0 Å². The monoisotopic (exact) mass is 288 g/mol. The zero-order valence-corrected chi connectivity index (χ0v) is 12.9. The van der Waals surface area contributed by atoms with Crippen LogP contribution in [0.5, 0.6) is 0 Å². The van der Waals surface area contributed by atoms with Crippen molar-refractivity contribution >= 4 is 11.6 Å². The fraction of sp³-hybridized carbons (Fsp3) is 0.588. The molecule has 2 aliphatic rings. The molecule has 4 heteroatoms. The molecule has 21 heavy (non-hydrogen) atoms. The van der Waals surface area contributed by atoms with Crippen molar-refractivity contribution in [3.05, 3.63) is 29.8 Å². The Morgan fingerprint density at radius 3 is 2.71 bits per heavy atom. The summed E-state index contributed by atoms with van der Waals surface area (Å²) >= 11 is 0. The molecule has 1 fully saturated rings. The Morgan fingerprint density at radius 1 is 1.33 bits per heavy atom. The van der Waals surface area contributed by atoms with E-state index in [1.54, 1.807) is 0 Å². The normalized spacial score (nSPS) is 24.9. The van der Waals surface area contributed by atoms with Crippen molar-refractivity contribution < 1.29 is 9.90 Å². The molecule has 114 valence electrons. The molecule has 1 amide bonds. The van der Waals surface area contributed by atoms with Gasteiger partial charge in [-0.15, -0.1) is 0 Å². The van der Waals surface area contributed by atoms with Crippen LogP contribution in [0.15, 0.2) is 24.3 Å². The van der Waals surface area contributed by atoms with Crippen molar-refractivity contribution in [2.45, 2.75) is 44.8 Å². The summed E-state index contributed by atoms with van der Waals surface area (Å²) in [7, 11) is 0. The van der Waals surface area contributed by atoms with Gasteiger partial charge in [-0.05, 0) is 44.7 Å². The highest BCUT2D eigenvalue weighted by molar-refractivity contribution is 5.97. The molecule has 2 aliphatic heterocycles. The van der Waals surface area contributed by atoms with Gasteiger partial charge in [0.15, 0.2) is 0 Å². The first-order valence-corrected chi connectivity index (χ1v) is 7.81. The smallest absolute Gasteiger partial charge is 0.241 e. The van der Waals surface area contributed by atoms with Crippen molar-refractivity contribution in [2.75, 3.05) is 24.5 Å². The van der Waals surface area contributed by atoms with Crippen LogP contribution < -0.4 is 4.90 Å². The first kappa shape index (κ1) is 14.5. The molecule has 3 rings (SSSR count). The highest BCUT2D eigenvalue weighted by Gasteiger charge is 2.33. The van der Waals surface area contributed by atoms with Gasteiger partial charge in [0.05, 0.1) is 12.1 Å². The van der Waals surface area contributed by atoms with Crippen molar-refractivity contribution in [1.82, 2.24) is 4.90 Å². The highest BCUT2D eigenvalue weighted by atomic mass is 16.3. The molecule has 0 bridgehead atoms. The van der Waals surface area contributed by atoms with Crippen LogP contribution >= 0.6 is 0 Å². The van der Waals surface area contributed by atoms with E-state index in [2.05, 4.69) is 17.9 Å².